The monoisotopic (exact) mass is 304 g/mol. The Bertz CT molecular complexity index is 1140. The zero-order valence-corrected chi connectivity index (χ0v) is 12.1. The quantitative estimate of drug-likeness (QED) is 0.573. The summed E-state index contributed by atoms with van der Waals surface area (Å²) in [5.41, 5.74) is 1.18. The molecular weight excluding hydrogens is 292 g/mol. The Hall–Kier alpha value is -3.14. The molecule has 4 rings (SSSR count). The second kappa shape index (κ2) is 4.95. The summed E-state index contributed by atoms with van der Waals surface area (Å²) in [4.78, 5) is 23.8. The Morgan fingerprint density at radius 2 is 1.70 bits per heavy atom. The molecule has 1 aromatic heterocycles. The molecular formula is C19H12O4. The molecule has 0 bridgehead atoms. The molecule has 1 N–H and O–H groups in total. The van der Waals surface area contributed by atoms with E-state index in [-0.39, 0.29) is 11.8 Å². The van der Waals surface area contributed by atoms with Gasteiger partial charge in [0.05, 0.1) is 17.2 Å². The van der Waals surface area contributed by atoms with Crippen molar-refractivity contribution in [1.82, 2.24) is 0 Å². The Morgan fingerprint density at radius 3 is 2.43 bits per heavy atom. The zero-order chi connectivity index (χ0) is 16.0. The molecule has 0 spiro atoms. The SMILES string of the molecule is O=C(O)Cc1cccc2c(=O)c3cc4ccccc4cc3oc12. The highest BCUT2D eigenvalue weighted by molar-refractivity contribution is 6.00. The van der Waals surface area contributed by atoms with E-state index in [1.807, 2.05) is 36.4 Å². The van der Waals surface area contributed by atoms with Gasteiger partial charge < -0.3 is 9.52 Å². The van der Waals surface area contributed by atoms with Crippen molar-refractivity contribution in [3.8, 4) is 0 Å². The lowest BCUT2D eigenvalue weighted by Gasteiger charge is -2.06. The normalized spacial score (nSPS) is 11.3. The van der Waals surface area contributed by atoms with E-state index in [1.54, 1.807) is 18.2 Å². The molecule has 0 aliphatic carbocycles. The highest BCUT2D eigenvalue weighted by Gasteiger charge is 2.13. The number of hydrogen-bond donors (Lipinski definition) is 1. The van der Waals surface area contributed by atoms with Gasteiger partial charge in [-0.15, -0.1) is 0 Å². The van der Waals surface area contributed by atoms with Crippen molar-refractivity contribution in [2.24, 2.45) is 0 Å². The number of para-hydroxylation sites is 1. The van der Waals surface area contributed by atoms with Crippen LogP contribution in [0, 0.1) is 0 Å². The summed E-state index contributed by atoms with van der Waals surface area (Å²) in [5.74, 6) is -0.959. The predicted octanol–water partition coefficient (Wildman–Crippen LogP) is 3.73. The van der Waals surface area contributed by atoms with E-state index in [0.29, 0.717) is 27.5 Å². The molecule has 0 atom stereocenters. The molecule has 23 heavy (non-hydrogen) atoms. The minimum Gasteiger partial charge on any atom is -0.481 e. The van der Waals surface area contributed by atoms with Crippen LogP contribution in [0.1, 0.15) is 5.56 Å². The van der Waals surface area contributed by atoms with Gasteiger partial charge in [-0.2, -0.15) is 0 Å². The van der Waals surface area contributed by atoms with Crippen molar-refractivity contribution >= 4 is 38.7 Å². The smallest absolute Gasteiger partial charge is 0.307 e. The second-order valence-corrected chi connectivity index (χ2v) is 5.49. The van der Waals surface area contributed by atoms with E-state index in [9.17, 15) is 9.59 Å². The maximum absolute atomic E-state index is 12.8. The molecule has 4 heteroatoms. The van der Waals surface area contributed by atoms with Gasteiger partial charge >= 0.3 is 5.97 Å². The molecule has 0 aliphatic heterocycles. The van der Waals surface area contributed by atoms with Gasteiger partial charge in [0, 0.05) is 5.56 Å². The van der Waals surface area contributed by atoms with Crippen LogP contribution in [0.15, 0.2) is 63.8 Å². The van der Waals surface area contributed by atoms with Crippen molar-refractivity contribution in [1.29, 1.82) is 0 Å². The van der Waals surface area contributed by atoms with E-state index < -0.39 is 5.97 Å². The van der Waals surface area contributed by atoms with Crippen LogP contribution in [-0.4, -0.2) is 11.1 Å². The molecule has 1 heterocycles. The number of aliphatic carboxylic acids is 1. The summed E-state index contributed by atoms with van der Waals surface area (Å²) in [6.07, 6.45) is -0.181. The number of carboxylic acid groups (broad SMARTS) is 1. The molecule has 0 amide bonds. The van der Waals surface area contributed by atoms with Crippen molar-refractivity contribution < 1.29 is 14.3 Å². The lowest BCUT2D eigenvalue weighted by atomic mass is 10.0. The third kappa shape index (κ3) is 2.16. The van der Waals surface area contributed by atoms with Gasteiger partial charge in [-0.3, -0.25) is 9.59 Å². The Kier molecular flexibility index (Phi) is 2.91. The molecule has 4 aromatic rings. The van der Waals surface area contributed by atoms with E-state index in [0.717, 1.165) is 10.8 Å². The minimum atomic E-state index is -0.959. The summed E-state index contributed by atoms with van der Waals surface area (Å²) in [6.45, 7) is 0. The summed E-state index contributed by atoms with van der Waals surface area (Å²) in [7, 11) is 0. The number of rotatable bonds is 2. The minimum absolute atomic E-state index is 0.140. The Morgan fingerprint density at radius 1 is 0.957 bits per heavy atom. The number of hydrogen-bond acceptors (Lipinski definition) is 3. The van der Waals surface area contributed by atoms with Gasteiger partial charge in [0.25, 0.3) is 0 Å². The molecule has 0 fully saturated rings. The maximum Gasteiger partial charge on any atom is 0.307 e. The van der Waals surface area contributed by atoms with Crippen LogP contribution in [0.4, 0.5) is 0 Å². The number of fused-ring (bicyclic) bond motifs is 3. The average Bonchev–Trinajstić information content (AvgIpc) is 2.54. The Balaban J connectivity index is 2.15. The fourth-order valence-corrected chi connectivity index (χ4v) is 2.92. The first-order valence-corrected chi connectivity index (χ1v) is 7.22. The molecule has 3 aromatic carbocycles. The van der Waals surface area contributed by atoms with Crippen LogP contribution in [-0.2, 0) is 11.2 Å². The van der Waals surface area contributed by atoms with Gasteiger partial charge in [0.1, 0.15) is 11.2 Å². The highest BCUT2D eigenvalue weighted by Crippen LogP contribution is 2.26. The van der Waals surface area contributed by atoms with Gasteiger partial charge in [0.15, 0.2) is 0 Å². The largest absolute Gasteiger partial charge is 0.481 e. The Labute approximate surface area is 130 Å². The van der Waals surface area contributed by atoms with Crippen molar-refractivity contribution in [2.75, 3.05) is 0 Å². The summed E-state index contributed by atoms with van der Waals surface area (Å²) in [5, 5.41) is 11.9. The summed E-state index contributed by atoms with van der Waals surface area (Å²) < 4.78 is 5.90. The van der Waals surface area contributed by atoms with E-state index in [4.69, 9.17) is 9.52 Å². The molecule has 0 saturated heterocycles. The van der Waals surface area contributed by atoms with Crippen LogP contribution in [0.3, 0.4) is 0 Å². The molecule has 0 unspecified atom stereocenters. The fraction of sp³-hybridized carbons (Fsp3) is 0.0526. The average molecular weight is 304 g/mol. The van der Waals surface area contributed by atoms with Crippen LogP contribution in [0.25, 0.3) is 32.7 Å². The van der Waals surface area contributed by atoms with Gasteiger partial charge in [-0.25, -0.2) is 0 Å². The van der Waals surface area contributed by atoms with E-state index >= 15 is 0 Å². The number of carboxylic acids is 1. The summed E-state index contributed by atoms with van der Waals surface area (Å²) >= 11 is 0. The first kappa shape index (κ1) is 13.5. The summed E-state index contributed by atoms with van der Waals surface area (Å²) in [6, 6.07) is 16.4. The van der Waals surface area contributed by atoms with Crippen molar-refractivity contribution in [2.45, 2.75) is 6.42 Å². The predicted molar refractivity (Wildman–Crippen MR) is 88.8 cm³/mol. The lowest BCUT2D eigenvalue weighted by molar-refractivity contribution is -0.136. The fourth-order valence-electron chi connectivity index (χ4n) is 2.92. The number of benzene rings is 3. The van der Waals surface area contributed by atoms with Crippen molar-refractivity contribution in [3.63, 3.8) is 0 Å². The number of carbonyl (C=O) groups is 1. The van der Waals surface area contributed by atoms with Crippen LogP contribution in [0.5, 0.6) is 0 Å². The first-order valence-electron chi connectivity index (χ1n) is 7.22. The third-order valence-corrected chi connectivity index (χ3v) is 3.99. The molecule has 4 nitrogen and oxygen atoms in total. The first-order chi connectivity index (χ1) is 11.1. The molecule has 0 saturated carbocycles. The topological polar surface area (TPSA) is 67.5 Å². The molecule has 112 valence electrons. The van der Waals surface area contributed by atoms with Crippen LogP contribution in [0.2, 0.25) is 0 Å². The van der Waals surface area contributed by atoms with Crippen molar-refractivity contribution in [3.05, 3.63) is 70.4 Å². The lowest BCUT2D eigenvalue weighted by Crippen LogP contribution is -2.06. The van der Waals surface area contributed by atoms with E-state index in [2.05, 4.69) is 0 Å². The molecule has 0 radical (unpaired) electrons. The van der Waals surface area contributed by atoms with E-state index in [1.165, 1.54) is 0 Å². The second-order valence-electron chi connectivity index (χ2n) is 5.49. The van der Waals surface area contributed by atoms with Gasteiger partial charge in [-0.05, 0) is 29.0 Å². The van der Waals surface area contributed by atoms with Crippen LogP contribution < -0.4 is 5.43 Å². The highest BCUT2D eigenvalue weighted by atomic mass is 16.4. The van der Waals surface area contributed by atoms with Gasteiger partial charge in [-0.1, -0.05) is 36.4 Å². The van der Waals surface area contributed by atoms with Gasteiger partial charge in [0.2, 0.25) is 5.43 Å². The third-order valence-electron chi connectivity index (χ3n) is 3.99. The maximum atomic E-state index is 12.8. The van der Waals surface area contributed by atoms with Crippen LogP contribution >= 0.6 is 0 Å². The zero-order valence-electron chi connectivity index (χ0n) is 12.1. The molecule has 0 aliphatic rings. The standard InChI is InChI=1S/C19H12O4/c20-17(21)10-13-6-3-7-14-18(22)15-8-11-4-1-2-5-12(11)9-16(15)23-19(13)14/h1-9H,10H2,(H,20,21).